The normalized spacial score (nSPS) is 12.6. The van der Waals surface area contributed by atoms with Crippen molar-refractivity contribution in [2.75, 3.05) is 6.54 Å². The van der Waals surface area contributed by atoms with Gasteiger partial charge in [-0.2, -0.15) is 5.10 Å². The molecule has 96 valence electrons. The summed E-state index contributed by atoms with van der Waals surface area (Å²) in [5.41, 5.74) is 1.15. The Labute approximate surface area is 116 Å². The van der Waals surface area contributed by atoms with Gasteiger partial charge in [0.1, 0.15) is 0 Å². The molecule has 18 heavy (non-hydrogen) atoms. The summed E-state index contributed by atoms with van der Waals surface area (Å²) in [5.74, 6) is 0.874. The van der Waals surface area contributed by atoms with Crippen LogP contribution in [0.5, 0.6) is 0 Å². The first-order valence-corrected chi connectivity index (χ1v) is 6.90. The fourth-order valence-electron chi connectivity index (χ4n) is 1.83. The van der Waals surface area contributed by atoms with Crippen molar-refractivity contribution in [2.24, 2.45) is 0 Å². The third-order valence-corrected chi connectivity index (χ3v) is 3.16. The molecule has 0 fully saturated rings. The predicted octanol–water partition coefficient (Wildman–Crippen LogP) is 3.09. The minimum absolute atomic E-state index is 0.261. The Morgan fingerprint density at radius 3 is 3.00 bits per heavy atom. The lowest BCUT2D eigenvalue weighted by molar-refractivity contribution is 0.564. The maximum atomic E-state index is 4.43. The van der Waals surface area contributed by atoms with Crippen molar-refractivity contribution in [1.29, 1.82) is 0 Å². The van der Waals surface area contributed by atoms with E-state index in [9.17, 15) is 0 Å². The van der Waals surface area contributed by atoms with Gasteiger partial charge in [0.2, 0.25) is 0 Å². The Morgan fingerprint density at radius 2 is 2.33 bits per heavy atom. The van der Waals surface area contributed by atoms with Crippen LogP contribution in [-0.4, -0.2) is 21.3 Å². The van der Waals surface area contributed by atoms with E-state index in [2.05, 4.69) is 51.2 Å². The summed E-state index contributed by atoms with van der Waals surface area (Å²) >= 11 is 3.41. The van der Waals surface area contributed by atoms with Gasteiger partial charge in [0.05, 0.1) is 10.7 Å². The van der Waals surface area contributed by atoms with E-state index in [1.165, 1.54) is 0 Å². The molecule has 0 aromatic carbocycles. The Kier molecular flexibility index (Phi) is 4.49. The maximum Gasteiger partial charge on any atom is 0.158 e. The fourth-order valence-corrected chi connectivity index (χ4v) is 2.11. The first-order chi connectivity index (χ1) is 8.72. The summed E-state index contributed by atoms with van der Waals surface area (Å²) in [4.78, 5) is 4.43. The molecule has 2 aromatic rings. The molecule has 1 unspecified atom stereocenters. The molecule has 0 aliphatic heterocycles. The molecule has 0 aliphatic rings. The summed E-state index contributed by atoms with van der Waals surface area (Å²) in [7, 11) is 0. The molecule has 0 saturated carbocycles. The topological polar surface area (TPSA) is 42.7 Å². The smallest absolute Gasteiger partial charge is 0.158 e. The zero-order valence-corrected chi connectivity index (χ0v) is 12.2. The molecule has 0 aliphatic carbocycles. The van der Waals surface area contributed by atoms with E-state index in [1.807, 2.05) is 12.3 Å². The highest BCUT2D eigenvalue weighted by molar-refractivity contribution is 9.10. The Balaban J connectivity index is 2.30. The minimum Gasteiger partial charge on any atom is -0.310 e. The van der Waals surface area contributed by atoms with E-state index < -0.39 is 0 Å². The SMILES string of the molecule is CCCNC(C)c1cccnc1-n1cc(Br)cn1. The van der Waals surface area contributed by atoms with Crippen LogP contribution in [-0.2, 0) is 0 Å². The lowest BCUT2D eigenvalue weighted by Crippen LogP contribution is -2.21. The van der Waals surface area contributed by atoms with Crippen molar-refractivity contribution < 1.29 is 0 Å². The molecule has 2 aromatic heterocycles. The van der Waals surface area contributed by atoms with E-state index >= 15 is 0 Å². The third kappa shape index (κ3) is 2.97. The molecule has 2 rings (SSSR count). The van der Waals surface area contributed by atoms with Crippen molar-refractivity contribution in [3.8, 4) is 5.82 Å². The highest BCUT2D eigenvalue weighted by atomic mass is 79.9. The summed E-state index contributed by atoms with van der Waals surface area (Å²) in [5, 5.41) is 7.76. The van der Waals surface area contributed by atoms with Crippen LogP contribution in [0.2, 0.25) is 0 Å². The van der Waals surface area contributed by atoms with Crippen LogP contribution in [0.25, 0.3) is 5.82 Å². The van der Waals surface area contributed by atoms with Crippen LogP contribution < -0.4 is 5.32 Å². The molecule has 0 saturated heterocycles. The van der Waals surface area contributed by atoms with Gasteiger partial charge in [-0.25, -0.2) is 9.67 Å². The molecule has 0 bridgehead atoms. The van der Waals surface area contributed by atoms with E-state index in [0.717, 1.165) is 28.8 Å². The molecule has 2 heterocycles. The van der Waals surface area contributed by atoms with Gasteiger partial charge in [-0.05, 0) is 41.9 Å². The predicted molar refractivity (Wildman–Crippen MR) is 75.8 cm³/mol. The first kappa shape index (κ1) is 13.2. The van der Waals surface area contributed by atoms with Crippen LogP contribution >= 0.6 is 15.9 Å². The van der Waals surface area contributed by atoms with Gasteiger partial charge in [-0.1, -0.05) is 13.0 Å². The molecule has 0 radical (unpaired) electrons. The van der Waals surface area contributed by atoms with Gasteiger partial charge in [0, 0.05) is 24.0 Å². The molecular weight excluding hydrogens is 292 g/mol. The van der Waals surface area contributed by atoms with Gasteiger partial charge in [0.25, 0.3) is 0 Å². The number of nitrogens with one attached hydrogen (secondary N) is 1. The van der Waals surface area contributed by atoms with Crippen molar-refractivity contribution in [3.63, 3.8) is 0 Å². The number of rotatable bonds is 5. The van der Waals surface area contributed by atoms with Gasteiger partial charge in [-0.3, -0.25) is 0 Å². The zero-order valence-electron chi connectivity index (χ0n) is 10.6. The van der Waals surface area contributed by atoms with E-state index in [4.69, 9.17) is 0 Å². The standard InChI is InChI=1S/C13H17BrN4/c1-3-6-15-10(2)12-5-4-7-16-13(12)18-9-11(14)8-17-18/h4-5,7-10,15H,3,6H2,1-2H3. The van der Waals surface area contributed by atoms with Crippen molar-refractivity contribution in [3.05, 3.63) is 40.8 Å². The van der Waals surface area contributed by atoms with Crippen LogP contribution in [0.3, 0.4) is 0 Å². The van der Waals surface area contributed by atoms with Crippen LogP contribution in [0.15, 0.2) is 35.2 Å². The van der Waals surface area contributed by atoms with Gasteiger partial charge in [0.15, 0.2) is 5.82 Å². The van der Waals surface area contributed by atoms with Gasteiger partial charge >= 0.3 is 0 Å². The average molecular weight is 309 g/mol. The molecule has 1 N–H and O–H groups in total. The second-order valence-corrected chi connectivity index (χ2v) is 5.11. The van der Waals surface area contributed by atoms with E-state index in [1.54, 1.807) is 17.1 Å². The monoisotopic (exact) mass is 308 g/mol. The molecule has 0 spiro atoms. The maximum absolute atomic E-state index is 4.43. The highest BCUT2D eigenvalue weighted by Crippen LogP contribution is 2.20. The Morgan fingerprint density at radius 1 is 1.50 bits per heavy atom. The van der Waals surface area contributed by atoms with Gasteiger partial charge in [-0.15, -0.1) is 0 Å². The molecule has 4 nitrogen and oxygen atoms in total. The Bertz CT molecular complexity index is 509. The average Bonchev–Trinajstić information content (AvgIpc) is 2.82. The minimum atomic E-state index is 0.261. The third-order valence-electron chi connectivity index (χ3n) is 2.75. The lowest BCUT2D eigenvalue weighted by atomic mass is 10.1. The summed E-state index contributed by atoms with van der Waals surface area (Å²) < 4.78 is 2.75. The van der Waals surface area contributed by atoms with E-state index in [0.29, 0.717) is 0 Å². The number of halogens is 1. The highest BCUT2D eigenvalue weighted by Gasteiger charge is 2.12. The van der Waals surface area contributed by atoms with Crippen LogP contribution in [0.1, 0.15) is 31.9 Å². The number of nitrogens with zero attached hydrogens (tertiary/aromatic N) is 3. The number of aromatic nitrogens is 3. The second-order valence-electron chi connectivity index (χ2n) is 4.20. The van der Waals surface area contributed by atoms with Crippen molar-refractivity contribution in [1.82, 2.24) is 20.1 Å². The molecule has 5 heteroatoms. The summed E-state index contributed by atoms with van der Waals surface area (Å²) in [6, 6.07) is 4.31. The molecule has 0 amide bonds. The molecule has 1 atom stereocenters. The summed E-state index contributed by atoms with van der Waals surface area (Å²) in [6.07, 6.45) is 6.59. The number of hydrogen-bond acceptors (Lipinski definition) is 3. The van der Waals surface area contributed by atoms with Crippen molar-refractivity contribution >= 4 is 15.9 Å². The van der Waals surface area contributed by atoms with Gasteiger partial charge < -0.3 is 5.32 Å². The Hall–Kier alpha value is -1.20. The number of pyridine rings is 1. The van der Waals surface area contributed by atoms with Crippen LogP contribution in [0.4, 0.5) is 0 Å². The zero-order chi connectivity index (χ0) is 13.0. The van der Waals surface area contributed by atoms with Crippen molar-refractivity contribution in [2.45, 2.75) is 26.3 Å². The first-order valence-electron chi connectivity index (χ1n) is 6.11. The van der Waals surface area contributed by atoms with Crippen LogP contribution in [0, 0.1) is 0 Å². The fraction of sp³-hybridized carbons (Fsp3) is 0.385. The number of hydrogen-bond donors (Lipinski definition) is 1. The lowest BCUT2D eigenvalue weighted by Gasteiger charge is -2.16. The molecular formula is C13H17BrN4. The second kappa shape index (κ2) is 6.11. The van der Waals surface area contributed by atoms with E-state index in [-0.39, 0.29) is 6.04 Å². The quantitative estimate of drug-likeness (QED) is 0.923. The summed E-state index contributed by atoms with van der Waals surface area (Å²) in [6.45, 7) is 5.31. The largest absolute Gasteiger partial charge is 0.310 e.